The molecule has 1 N–H and O–H groups in total. The second kappa shape index (κ2) is 8.33. The Morgan fingerprint density at radius 3 is 2.60 bits per heavy atom. The van der Waals surface area contributed by atoms with Crippen LogP contribution >= 0.6 is 23.2 Å². The molecule has 0 radical (unpaired) electrons. The van der Waals surface area contributed by atoms with Gasteiger partial charge in [-0.25, -0.2) is 13.8 Å². The molecule has 0 amide bonds. The summed E-state index contributed by atoms with van der Waals surface area (Å²) in [5.74, 6) is 4.02. The van der Waals surface area contributed by atoms with Gasteiger partial charge in [0, 0.05) is 25.5 Å². The van der Waals surface area contributed by atoms with Crippen molar-refractivity contribution < 1.29 is 13.5 Å². The molecule has 0 unspecified atom stereocenters. The number of nitrogens with zero attached hydrogens (tertiary/aromatic N) is 5. The molecule has 0 saturated carbocycles. The molecule has 2 fully saturated rings. The highest BCUT2D eigenvalue weighted by Gasteiger charge is 2.41. The monoisotopic (exact) mass is 516 g/mol. The zero-order valence-corrected chi connectivity index (χ0v) is 20.2. The highest BCUT2D eigenvalue weighted by Crippen LogP contribution is 2.42. The first-order valence-corrected chi connectivity index (χ1v) is 12.0. The first-order chi connectivity index (χ1) is 16.8. The zero-order chi connectivity index (χ0) is 24.3. The van der Waals surface area contributed by atoms with Crippen molar-refractivity contribution in [2.75, 3.05) is 24.6 Å². The van der Waals surface area contributed by atoms with E-state index in [9.17, 15) is 8.78 Å². The summed E-state index contributed by atoms with van der Waals surface area (Å²) in [6.45, 7) is 4.66. The minimum atomic E-state index is -0.975. The third kappa shape index (κ3) is 3.71. The van der Waals surface area contributed by atoms with Crippen molar-refractivity contribution in [3.8, 4) is 11.8 Å². The lowest BCUT2D eigenvalue weighted by Crippen LogP contribution is -2.41. The summed E-state index contributed by atoms with van der Waals surface area (Å²) in [5, 5.41) is 7.07. The topological polar surface area (TPSA) is 71.3 Å². The Morgan fingerprint density at radius 2 is 1.91 bits per heavy atom. The first kappa shape index (κ1) is 22.5. The average molecular weight is 517 g/mol. The van der Waals surface area contributed by atoms with Gasteiger partial charge in [-0.15, -0.1) is 0 Å². The molecule has 5 heterocycles. The fourth-order valence-electron chi connectivity index (χ4n) is 5.12. The maximum absolute atomic E-state index is 14.4. The van der Waals surface area contributed by atoms with Gasteiger partial charge in [0.1, 0.15) is 5.69 Å². The molecular formula is C24H20Cl2F2N6O. The number of anilines is 1. The minimum Gasteiger partial charge on any atom is -0.378 e. The number of ether oxygens (including phenoxy) is 1. The molecule has 1 aromatic carbocycles. The molecule has 4 aromatic rings. The molecule has 180 valence electrons. The van der Waals surface area contributed by atoms with Gasteiger partial charge in [-0.2, -0.15) is 10.1 Å². The summed E-state index contributed by atoms with van der Waals surface area (Å²) >= 11 is 11.6. The minimum absolute atomic E-state index is 0.249. The second-order valence-corrected chi connectivity index (χ2v) is 10.0. The highest BCUT2D eigenvalue weighted by atomic mass is 35.5. The van der Waals surface area contributed by atoms with E-state index in [4.69, 9.17) is 32.9 Å². The van der Waals surface area contributed by atoms with Gasteiger partial charge in [0.2, 0.25) is 5.95 Å². The number of halogens is 4. The third-order valence-corrected chi connectivity index (χ3v) is 7.51. The van der Waals surface area contributed by atoms with E-state index in [1.807, 2.05) is 10.6 Å². The quantitative estimate of drug-likeness (QED) is 0.285. The number of rotatable bonds is 1. The number of hydrogen-bond donors (Lipinski definition) is 1. The Hall–Kier alpha value is -2.93. The molecule has 35 heavy (non-hydrogen) atoms. The fraction of sp³-hybridized carbons (Fsp3) is 0.375. The number of imidazole rings is 1. The summed E-state index contributed by atoms with van der Waals surface area (Å²) < 4.78 is 36.5. The molecule has 0 aliphatic carbocycles. The number of hydrogen-bond acceptors (Lipinski definition) is 5. The maximum Gasteiger partial charge on any atom is 0.213 e. The summed E-state index contributed by atoms with van der Waals surface area (Å²) in [4.78, 5) is 11.5. The lowest BCUT2D eigenvalue weighted by atomic mass is 9.77. The van der Waals surface area contributed by atoms with Gasteiger partial charge in [-0.05, 0) is 43.6 Å². The van der Waals surface area contributed by atoms with Crippen LogP contribution in [0, 0.1) is 28.9 Å². The number of fused-ring (bicyclic) bond motifs is 3. The van der Waals surface area contributed by atoms with Crippen molar-refractivity contribution in [3.05, 3.63) is 51.4 Å². The van der Waals surface area contributed by atoms with Gasteiger partial charge in [-0.3, -0.25) is 9.50 Å². The van der Waals surface area contributed by atoms with Crippen LogP contribution in [0.3, 0.4) is 0 Å². The molecule has 7 nitrogen and oxygen atoms in total. The number of piperidine rings is 1. The SMILES string of the molecule is C[C@H]1CC2(CCN(c3nc4[nH]nc(C#Cc5c(F)c(Cl)cc(Cl)c5F)c4c4nccn34)CC2)CO1. The van der Waals surface area contributed by atoms with Crippen LogP contribution in [-0.4, -0.2) is 50.4 Å². The Labute approximate surface area is 209 Å². The molecular weight excluding hydrogens is 497 g/mol. The Bertz CT molecular complexity index is 1500. The van der Waals surface area contributed by atoms with Gasteiger partial charge in [-0.1, -0.05) is 29.1 Å². The van der Waals surface area contributed by atoms with Crippen LogP contribution in [0.25, 0.3) is 16.7 Å². The van der Waals surface area contributed by atoms with E-state index in [1.165, 1.54) is 0 Å². The molecule has 1 spiro atoms. The van der Waals surface area contributed by atoms with Crippen LogP contribution in [0.2, 0.25) is 10.0 Å². The molecule has 2 aliphatic rings. The normalized spacial score (nSPS) is 19.6. The average Bonchev–Trinajstić information content (AvgIpc) is 3.57. The number of aromatic amines is 1. The molecule has 3 aromatic heterocycles. The molecule has 1 atom stereocenters. The smallest absolute Gasteiger partial charge is 0.213 e. The molecule has 6 rings (SSSR count). The number of benzene rings is 1. The predicted molar refractivity (Wildman–Crippen MR) is 129 cm³/mol. The Balaban J connectivity index is 1.38. The Kier molecular flexibility index (Phi) is 5.36. The van der Waals surface area contributed by atoms with Crippen LogP contribution in [0.4, 0.5) is 14.7 Å². The molecule has 2 saturated heterocycles. The van der Waals surface area contributed by atoms with Crippen LogP contribution in [0.1, 0.15) is 37.4 Å². The van der Waals surface area contributed by atoms with Crippen molar-refractivity contribution in [2.45, 2.75) is 32.3 Å². The Morgan fingerprint density at radius 1 is 1.17 bits per heavy atom. The lowest BCUT2D eigenvalue weighted by molar-refractivity contribution is 0.0975. The van der Waals surface area contributed by atoms with E-state index in [1.54, 1.807) is 6.20 Å². The van der Waals surface area contributed by atoms with E-state index in [0.717, 1.165) is 51.0 Å². The van der Waals surface area contributed by atoms with E-state index < -0.39 is 17.2 Å². The van der Waals surface area contributed by atoms with Gasteiger partial charge in [0.15, 0.2) is 22.9 Å². The number of H-pyrrole nitrogens is 1. The van der Waals surface area contributed by atoms with Gasteiger partial charge in [0.25, 0.3) is 0 Å². The molecule has 11 heteroatoms. The van der Waals surface area contributed by atoms with Crippen molar-refractivity contribution in [1.29, 1.82) is 0 Å². The van der Waals surface area contributed by atoms with Gasteiger partial charge >= 0.3 is 0 Å². The summed E-state index contributed by atoms with van der Waals surface area (Å²) in [6.07, 6.45) is 6.99. The van der Waals surface area contributed by atoms with Crippen LogP contribution in [0.15, 0.2) is 18.5 Å². The van der Waals surface area contributed by atoms with Gasteiger partial charge in [0.05, 0.1) is 33.7 Å². The molecule has 0 bridgehead atoms. The number of nitrogens with one attached hydrogen (secondary N) is 1. The van der Waals surface area contributed by atoms with E-state index >= 15 is 0 Å². The van der Waals surface area contributed by atoms with E-state index in [2.05, 4.69) is 38.8 Å². The van der Waals surface area contributed by atoms with Crippen molar-refractivity contribution >= 4 is 45.8 Å². The summed E-state index contributed by atoms with van der Waals surface area (Å²) in [5.41, 5.74) is 1.09. The standard InChI is InChI=1S/C24H20Cl2F2N6O/c1-13-11-24(12-35-13)4-7-33(8-5-24)23-30-21-18(22-29-6-9-34(22)23)17(31-32-21)3-2-14-19(27)15(25)10-16(26)20(14)28/h6,9-10,13H,4-5,7-8,11-12H2,1H3,(H,31,32)/t13-/m0/s1. The van der Waals surface area contributed by atoms with E-state index in [0.29, 0.717) is 22.8 Å². The molecule has 2 aliphatic heterocycles. The highest BCUT2D eigenvalue weighted by molar-refractivity contribution is 6.35. The lowest BCUT2D eigenvalue weighted by Gasteiger charge is -2.39. The number of aromatic nitrogens is 5. The van der Waals surface area contributed by atoms with Crippen LogP contribution in [-0.2, 0) is 4.74 Å². The predicted octanol–water partition coefficient (Wildman–Crippen LogP) is 4.99. The zero-order valence-electron chi connectivity index (χ0n) is 18.7. The first-order valence-electron chi connectivity index (χ1n) is 11.3. The largest absolute Gasteiger partial charge is 0.378 e. The fourth-order valence-corrected chi connectivity index (χ4v) is 5.59. The van der Waals surface area contributed by atoms with Crippen LogP contribution < -0.4 is 4.90 Å². The maximum atomic E-state index is 14.4. The summed E-state index contributed by atoms with van der Waals surface area (Å²) in [7, 11) is 0. The van der Waals surface area contributed by atoms with Gasteiger partial charge < -0.3 is 9.64 Å². The summed E-state index contributed by atoms with van der Waals surface area (Å²) in [6, 6.07) is 1.01. The van der Waals surface area contributed by atoms with Crippen molar-refractivity contribution in [1.82, 2.24) is 24.6 Å². The van der Waals surface area contributed by atoms with Crippen LogP contribution in [0.5, 0.6) is 0 Å². The van der Waals surface area contributed by atoms with Crippen molar-refractivity contribution in [2.24, 2.45) is 5.41 Å². The second-order valence-electron chi connectivity index (χ2n) is 9.23. The van der Waals surface area contributed by atoms with E-state index in [-0.39, 0.29) is 21.2 Å². The van der Waals surface area contributed by atoms with Crippen molar-refractivity contribution in [3.63, 3.8) is 0 Å². The third-order valence-electron chi connectivity index (χ3n) is 6.96.